The van der Waals surface area contributed by atoms with E-state index in [1.807, 2.05) is 0 Å². The summed E-state index contributed by atoms with van der Waals surface area (Å²) < 4.78 is 4.90. The molecule has 0 spiro atoms. The van der Waals surface area contributed by atoms with Crippen molar-refractivity contribution in [3.8, 4) is 0 Å². The Balaban J connectivity index is 1.94. The number of hydrogen-bond donors (Lipinski definition) is 2. The van der Waals surface area contributed by atoms with Crippen LogP contribution in [0.2, 0.25) is 15.1 Å². The molecule has 0 saturated heterocycles. The van der Waals surface area contributed by atoms with E-state index in [4.69, 9.17) is 45.3 Å². The van der Waals surface area contributed by atoms with Gasteiger partial charge in [-0.1, -0.05) is 34.8 Å². The Morgan fingerprint density at radius 2 is 1.65 bits per heavy atom. The number of halogens is 3. The molecule has 1 amide bonds. The molecule has 0 fully saturated rings. The molecular formula is C15H11Cl3N2O3. The highest BCUT2D eigenvalue weighted by atomic mass is 35.5. The van der Waals surface area contributed by atoms with Gasteiger partial charge < -0.3 is 15.8 Å². The van der Waals surface area contributed by atoms with Gasteiger partial charge in [0.2, 0.25) is 0 Å². The van der Waals surface area contributed by atoms with Crippen LogP contribution in [0.5, 0.6) is 0 Å². The molecule has 3 N–H and O–H groups in total. The summed E-state index contributed by atoms with van der Waals surface area (Å²) in [7, 11) is 0. The van der Waals surface area contributed by atoms with Crippen molar-refractivity contribution < 1.29 is 14.3 Å². The number of nitrogens with two attached hydrogens (primary N) is 1. The number of carbonyl (C=O) groups is 2. The smallest absolute Gasteiger partial charge is 0.340 e. The van der Waals surface area contributed by atoms with Gasteiger partial charge >= 0.3 is 5.97 Å². The van der Waals surface area contributed by atoms with E-state index in [0.717, 1.165) is 0 Å². The molecule has 120 valence electrons. The van der Waals surface area contributed by atoms with Gasteiger partial charge in [-0.3, -0.25) is 4.79 Å². The highest BCUT2D eigenvalue weighted by Crippen LogP contribution is 2.22. The topological polar surface area (TPSA) is 81.4 Å². The number of ether oxygens (including phenoxy) is 1. The number of amides is 1. The monoisotopic (exact) mass is 372 g/mol. The minimum absolute atomic E-state index is 0.132. The van der Waals surface area contributed by atoms with Crippen LogP contribution < -0.4 is 11.1 Å². The van der Waals surface area contributed by atoms with Gasteiger partial charge in [0.1, 0.15) is 0 Å². The van der Waals surface area contributed by atoms with Crippen molar-refractivity contribution in [2.45, 2.75) is 0 Å². The molecule has 5 nitrogen and oxygen atoms in total. The zero-order valence-corrected chi connectivity index (χ0v) is 13.9. The molecule has 0 saturated carbocycles. The van der Waals surface area contributed by atoms with Gasteiger partial charge in [-0.05, 0) is 36.4 Å². The summed E-state index contributed by atoms with van der Waals surface area (Å²) in [6.07, 6.45) is 0. The van der Waals surface area contributed by atoms with Crippen LogP contribution in [0.4, 0.5) is 11.4 Å². The van der Waals surface area contributed by atoms with Crippen molar-refractivity contribution in [3.05, 3.63) is 57.0 Å². The second kappa shape index (κ2) is 7.55. The maximum absolute atomic E-state index is 11.9. The molecule has 0 bridgehead atoms. The van der Waals surface area contributed by atoms with Crippen LogP contribution in [0.15, 0.2) is 36.4 Å². The molecule has 0 atom stereocenters. The number of nitrogen functional groups attached to an aromatic ring is 1. The summed E-state index contributed by atoms with van der Waals surface area (Å²) >= 11 is 17.4. The van der Waals surface area contributed by atoms with Gasteiger partial charge in [0.25, 0.3) is 5.91 Å². The summed E-state index contributed by atoms with van der Waals surface area (Å²) in [5.41, 5.74) is 6.37. The van der Waals surface area contributed by atoms with E-state index in [0.29, 0.717) is 20.8 Å². The third kappa shape index (κ3) is 5.03. The lowest BCUT2D eigenvalue weighted by molar-refractivity contribution is -0.119. The van der Waals surface area contributed by atoms with E-state index in [-0.39, 0.29) is 11.3 Å². The first kappa shape index (κ1) is 17.4. The van der Waals surface area contributed by atoms with Crippen LogP contribution in [0.1, 0.15) is 10.4 Å². The number of benzene rings is 2. The number of hydrogen-bond acceptors (Lipinski definition) is 4. The molecule has 0 aliphatic carbocycles. The fourth-order valence-electron chi connectivity index (χ4n) is 1.75. The molecule has 2 aromatic rings. The fourth-order valence-corrected chi connectivity index (χ4v) is 2.46. The third-order valence-electron chi connectivity index (χ3n) is 2.71. The van der Waals surface area contributed by atoms with E-state index < -0.39 is 18.5 Å². The lowest BCUT2D eigenvalue weighted by Gasteiger charge is -2.09. The quantitative estimate of drug-likeness (QED) is 0.626. The van der Waals surface area contributed by atoms with E-state index >= 15 is 0 Å². The first-order valence-electron chi connectivity index (χ1n) is 6.33. The molecule has 0 unspecified atom stereocenters. The van der Waals surface area contributed by atoms with Crippen LogP contribution in [0, 0.1) is 0 Å². The molecule has 0 aliphatic heterocycles. The molecular weight excluding hydrogens is 363 g/mol. The van der Waals surface area contributed by atoms with E-state index in [9.17, 15) is 9.59 Å². The minimum atomic E-state index is -0.724. The van der Waals surface area contributed by atoms with Crippen LogP contribution in [-0.2, 0) is 9.53 Å². The predicted octanol–water partition coefficient (Wildman–Crippen LogP) is 4.02. The highest BCUT2D eigenvalue weighted by Gasteiger charge is 2.14. The van der Waals surface area contributed by atoms with E-state index in [2.05, 4.69) is 5.32 Å². The standard InChI is InChI=1S/C15H11Cl3N2O3/c16-8-1-2-12(13(19)6-8)15(22)23-7-14(21)20-11-4-9(17)3-10(18)5-11/h1-6H,7,19H2,(H,20,21). The number of anilines is 2. The Hall–Kier alpha value is -1.95. The Morgan fingerprint density at radius 3 is 2.26 bits per heavy atom. The van der Waals surface area contributed by atoms with Gasteiger partial charge in [0, 0.05) is 26.4 Å². The molecule has 2 aromatic carbocycles. The average Bonchev–Trinajstić information content (AvgIpc) is 2.43. The number of carbonyl (C=O) groups excluding carboxylic acids is 2. The summed E-state index contributed by atoms with van der Waals surface area (Å²) in [4.78, 5) is 23.7. The van der Waals surface area contributed by atoms with Gasteiger partial charge in [-0.15, -0.1) is 0 Å². The maximum atomic E-state index is 11.9. The SMILES string of the molecule is Nc1cc(Cl)ccc1C(=O)OCC(=O)Nc1cc(Cl)cc(Cl)c1. The van der Waals surface area contributed by atoms with Crippen molar-refractivity contribution in [2.24, 2.45) is 0 Å². The van der Waals surface area contributed by atoms with Gasteiger partial charge in [-0.2, -0.15) is 0 Å². The average molecular weight is 374 g/mol. The molecule has 0 heterocycles. The Labute approximate surface area is 147 Å². The van der Waals surface area contributed by atoms with Crippen molar-refractivity contribution in [2.75, 3.05) is 17.7 Å². The normalized spacial score (nSPS) is 10.2. The van der Waals surface area contributed by atoms with Crippen molar-refractivity contribution in [1.82, 2.24) is 0 Å². The zero-order valence-electron chi connectivity index (χ0n) is 11.6. The molecule has 23 heavy (non-hydrogen) atoms. The summed E-state index contributed by atoms with van der Waals surface area (Å²) in [5, 5.41) is 3.66. The second-order valence-corrected chi connectivity index (χ2v) is 5.82. The largest absolute Gasteiger partial charge is 0.452 e. The summed E-state index contributed by atoms with van der Waals surface area (Å²) in [6.45, 7) is -0.481. The van der Waals surface area contributed by atoms with Crippen LogP contribution >= 0.6 is 34.8 Å². The summed E-state index contributed by atoms with van der Waals surface area (Å²) in [6, 6.07) is 8.92. The minimum Gasteiger partial charge on any atom is -0.452 e. The number of nitrogens with one attached hydrogen (secondary N) is 1. The second-order valence-electron chi connectivity index (χ2n) is 4.51. The lowest BCUT2D eigenvalue weighted by Crippen LogP contribution is -2.21. The lowest BCUT2D eigenvalue weighted by atomic mass is 10.2. The molecule has 8 heteroatoms. The summed E-state index contributed by atoms with van der Waals surface area (Å²) in [5.74, 6) is -1.26. The Bertz CT molecular complexity index is 745. The maximum Gasteiger partial charge on any atom is 0.340 e. The van der Waals surface area contributed by atoms with Crippen molar-refractivity contribution in [3.63, 3.8) is 0 Å². The number of rotatable bonds is 4. The van der Waals surface area contributed by atoms with Crippen LogP contribution in [0.25, 0.3) is 0 Å². The van der Waals surface area contributed by atoms with Crippen LogP contribution in [0.3, 0.4) is 0 Å². The van der Waals surface area contributed by atoms with Gasteiger partial charge in [0.05, 0.1) is 5.56 Å². The van der Waals surface area contributed by atoms with Crippen molar-refractivity contribution >= 4 is 58.1 Å². The predicted molar refractivity (Wildman–Crippen MR) is 91.2 cm³/mol. The first-order chi connectivity index (χ1) is 10.8. The molecule has 2 rings (SSSR count). The van der Waals surface area contributed by atoms with Gasteiger partial charge in [-0.25, -0.2) is 4.79 Å². The van der Waals surface area contributed by atoms with E-state index in [1.54, 1.807) is 0 Å². The van der Waals surface area contributed by atoms with Gasteiger partial charge in [0.15, 0.2) is 6.61 Å². The Kier molecular flexibility index (Phi) is 5.71. The van der Waals surface area contributed by atoms with Crippen LogP contribution in [-0.4, -0.2) is 18.5 Å². The third-order valence-corrected chi connectivity index (χ3v) is 3.39. The fraction of sp³-hybridized carbons (Fsp3) is 0.0667. The molecule has 0 aliphatic rings. The number of esters is 1. The molecule has 0 radical (unpaired) electrons. The van der Waals surface area contributed by atoms with Crippen molar-refractivity contribution in [1.29, 1.82) is 0 Å². The Morgan fingerprint density at radius 1 is 1.00 bits per heavy atom. The highest BCUT2D eigenvalue weighted by molar-refractivity contribution is 6.35. The zero-order chi connectivity index (χ0) is 17.0. The molecule has 0 aromatic heterocycles. The van der Waals surface area contributed by atoms with E-state index in [1.165, 1.54) is 36.4 Å². The first-order valence-corrected chi connectivity index (χ1v) is 7.46.